The van der Waals surface area contributed by atoms with Gasteiger partial charge in [-0.25, -0.2) is 0 Å². The summed E-state index contributed by atoms with van der Waals surface area (Å²) in [6.45, 7) is 7.37. The van der Waals surface area contributed by atoms with Crippen LogP contribution in [0.5, 0.6) is 11.5 Å². The first-order valence-electron chi connectivity index (χ1n) is 12.2. The Hall–Kier alpha value is -3.80. The number of amides is 2. The van der Waals surface area contributed by atoms with E-state index >= 15 is 0 Å². The maximum Gasteiger partial charge on any atom is 0.258 e. The summed E-state index contributed by atoms with van der Waals surface area (Å²) in [5, 5.41) is 3.00. The van der Waals surface area contributed by atoms with E-state index in [2.05, 4.69) is 18.3 Å². The molecule has 2 amide bonds. The average molecular weight is 473 g/mol. The van der Waals surface area contributed by atoms with Crippen molar-refractivity contribution in [2.75, 3.05) is 18.1 Å². The number of rotatable bonds is 9. The molecule has 0 bridgehead atoms. The smallest absolute Gasteiger partial charge is 0.258 e. The number of nitrogens with one attached hydrogen (secondary N) is 1. The molecule has 0 fully saturated rings. The zero-order valence-electron chi connectivity index (χ0n) is 20.5. The van der Waals surface area contributed by atoms with Crippen molar-refractivity contribution in [3.05, 3.63) is 89.0 Å². The Labute approximate surface area is 206 Å². The van der Waals surface area contributed by atoms with Crippen LogP contribution in [0, 0.1) is 0 Å². The molecule has 1 N–H and O–H groups in total. The van der Waals surface area contributed by atoms with Crippen LogP contribution in [0.3, 0.4) is 0 Å². The second-order valence-corrected chi connectivity index (χ2v) is 8.66. The molecule has 0 saturated heterocycles. The maximum absolute atomic E-state index is 13.2. The molecule has 0 spiro atoms. The number of anilines is 1. The predicted molar refractivity (Wildman–Crippen MR) is 137 cm³/mol. The Bertz CT molecular complexity index is 1190. The van der Waals surface area contributed by atoms with E-state index < -0.39 is 0 Å². The molecule has 6 nitrogen and oxygen atoms in total. The average Bonchev–Trinajstić information content (AvgIpc) is 3.19. The van der Waals surface area contributed by atoms with E-state index in [1.807, 2.05) is 79.4 Å². The summed E-state index contributed by atoms with van der Waals surface area (Å²) in [5.41, 5.74) is 4.56. The van der Waals surface area contributed by atoms with Crippen molar-refractivity contribution in [1.29, 1.82) is 0 Å². The first-order chi connectivity index (χ1) is 17.0. The molecule has 35 heavy (non-hydrogen) atoms. The summed E-state index contributed by atoms with van der Waals surface area (Å²) >= 11 is 0. The molecular formula is C29H32N2O4. The highest BCUT2D eigenvalue weighted by Gasteiger charge is 2.31. The number of fused-ring (bicyclic) bond motifs is 1. The third-order valence-corrected chi connectivity index (χ3v) is 6.07. The predicted octanol–water partition coefficient (Wildman–Crippen LogP) is 4.93. The first-order valence-corrected chi connectivity index (χ1v) is 12.2. The highest BCUT2D eigenvalue weighted by Crippen LogP contribution is 2.34. The number of hydrogen-bond donors (Lipinski definition) is 1. The minimum Gasteiger partial charge on any atom is -0.490 e. The van der Waals surface area contributed by atoms with Crippen LogP contribution in [0.15, 0.2) is 66.7 Å². The summed E-state index contributed by atoms with van der Waals surface area (Å²) in [6.07, 6.45) is 1.06. The Morgan fingerprint density at radius 2 is 1.63 bits per heavy atom. The van der Waals surface area contributed by atoms with Gasteiger partial charge in [-0.15, -0.1) is 0 Å². The van der Waals surface area contributed by atoms with E-state index in [1.54, 1.807) is 0 Å². The minimum atomic E-state index is -0.0808. The van der Waals surface area contributed by atoms with Crippen LogP contribution >= 0.6 is 0 Å². The summed E-state index contributed by atoms with van der Waals surface area (Å²) in [6, 6.07) is 21.1. The van der Waals surface area contributed by atoms with Gasteiger partial charge in [0.2, 0.25) is 5.91 Å². The molecule has 1 atom stereocenters. The van der Waals surface area contributed by atoms with E-state index in [9.17, 15) is 9.59 Å². The molecule has 0 saturated carbocycles. The summed E-state index contributed by atoms with van der Waals surface area (Å²) in [7, 11) is 0. The second-order valence-electron chi connectivity index (χ2n) is 8.66. The molecular weight excluding hydrogens is 440 g/mol. The molecule has 0 radical (unpaired) electrons. The second kappa shape index (κ2) is 11.1. The van der Waals surface area contributed by atoms with E-state index in [1.165, 1.54) is 0 Å². The summed E-state index contributed by atoms with van der Waals surface area (Å²) < 4.78 is 11.3. The van der Waals surface area contributed by atoms with E-state index in [0.717, 1.165) is 28.8 Å². The van der Waals surface area contributed by atoms with Crippen molar-refractivity contribution in [2.24, 2.45) is 0 Å². The van der Waals surface area contributed by atoms with Gasteiger partial charge in [0, 0.05) is 23.8 Å². The van der Waals surface area contributed by atoms with Crippen molar-refractivity contribution in [3.63, 3.8) is 0 Å². The molecule has 1 aliphatic rings. The fourth-order valence-electron chi connectivity index (χ4n) is 4.45. The first kappa shape index (κ1) is 24.3. The lowest BCUT2D eigenvalue weighted by atomic mass is 10.1. The van der Waals surface area contributed by atoms with Gasteiger partial charge in [-0.2, -0.15) is 0 Å². The highest BCUT2D eigenvalue weighted by atomic mass is 16.5. The van der Waals surface area contributed by atoms with Gasteiger partial charge in [0.05, 0.1) is 19.6 Å². The normalized spacial score (nSPS) is 14.4. The van der Waals surface area contributed by atoms with Crippen LogP contribution in [-0.4, -0.2) is 31.1 Å². The number of nitrogens with zero attached hydrogens (tertiary/aromatic N) is 1. The Morgan fingerprint density at radius 1 is 0.914 bits per heavy atom. The van der Waals surface area contributed by atoms with Gasteiger partial charge < -0.3 is 19.7 Å². The van der Waals surface area contributed by atoms with Crippen molar-refractivity contribution >= 4 is 17.5 Å². The molecule has 1 aliphatic heterocycles. The molecule has 0 aromatic heterocycles. The molecule has 6 heteroatoms. The highest BCUT2D eigenvalue weighted by molar-refractivity contribution is 6.07. The maximum atomic E-state index is 13.2. The molecule has 0 aliphatic carbocycles. The van der Waals surface area contributed by atoms with E-state index in [4.69, 9.17) is 9.47 Å². The van der Waals surface area contributed by atoms with Gasteiger partial charge in [-0.3, -0.25) is 9.59 Å². The number of benzene rings is 3. The standard InChI is InChI=1S/C29H32N2O4/c1-4-34-26-14-12-21(17-27(26)35-5-2)18-28(32)30-19-22-11-13-24-15-20(3)31(25(24)16-22)29(33)23-9-7-6-8-10-23/h6-14,16-17,20H,4-5,15,18-19H2,1-3H3,(H,30,32)/t20-/m0/s1. The zero-order valence-corrected chi connectivity index (χ0v) is 20.5. The van der Waals surface area contributed by atoms with Crippen molar-refractivity contribution in [3.8, 4) is 11.5 Å². The van der Waals surface area contributed by atoms with Crippen LogP contribution in [0.4, 0.5) is 5.69 Å². The largest absolute Gasteiger partial charge is 0.490 e. The fourth-order valence-corrected chi connectivity index (χ4v) is 4.45. The molecule has 4 rings (SSSR count). The van der Waals surface area contributed by atoms with Gasteiger partial charge in [0.25, 0.3) is 5.91 Å². The van der Waals surface area contributed by atoms with Crippen molar-refractivity contribution in [1.82, 2.24) is 5.32 Å². The topological polar surface area (TPSA) is 67.9 Å². The molecule has 1 heterocycles. The van der Waals surface area contributed by atoms with Gasteiger partial charge >= 0.3 is 0 Å². The SMILES string of the molecule is CCOc1ccc(CC(=O)NCc2ccc3c(c2)N(C(=O)c2ccccc2)[C@@H](C)C3)cc1OCC. The lowest BCUT2D eigenvalue weighted by Crippen LogP contribution is -2.35. The van der Waals surface area contributed by atoms with Crippen molar-refractivity contribution < 1.29 is 19.1 Å². The third-order valence-electron chi connectivity index (χ3n) is 6.07. The number of hydrogen-bond acceptors (Lipinski definition) is 4. The molecule has 0 unspecified atom stereocenters. The lowest BCUT2D eigenvalue weighted by molar-refractivity contribution is -0.120. The quantitative estimate of drug-likeness (QED) is 0.479. The van der Waals surface area contributed by atoms with Crippen LogP contribution in [0.25, 0.3) is 0 Å². The summed E-state index contributed by atoms with van der Waals surface area (Å²) in [5.74, 6) is 1.25. The molecule has 3 aromatic carbocycles. The Balaban J connectivity index is 1.42. The molecule has 182 valence electrons. The van der Waals surface area contributed by atoms with Crippen LogP contribution in [0.1, 0.15) is 47.8 Å². The van der Waals surface area contributed by atoms with Crippen LogP contribution in [0.2, 0.25) is 0 Å². The van der Waals surface area contributed by atoms with E-state index in [-0.39, 0.29) is 24.3 Å². The minimum absolute atomic E-state index is 0.00126. The number of ether oxygens (including phenoxy) is 2. The van der Waals surface area contributed by atoms with Gasteiger partial charge in [-0.05, 0) is 74.2 Å². The van der Waals surface area contributed by atoms with Gasteiger partial charge in [-0.1, -0.05) is 36.4 Å². The third kappa shape index (κ3) is 5.65. The Kier molecular flexibility index (Phi) is 7.70. The van der Waals surface area contributed by atoms with Crippen molar-refractivity contribution in [2.45, 2.75) is 46.2 Å². The molecule has 3 aromatic rings. The number of carbonyl (C=O) groups is 2. The fraction of sp³-hybridized carbons (Fsp3) is 0.310. The zero-order chi connectivity index (χ0) is 24.8. The number of carbonyl (C=O) groups excluding carboxylic acids is 2. The van der Waals surface area contributed by atoms with Crippen LogP contribution in [-0.2, 0) is 24.2 Å². The van der Waals surface area contributed by atoms with E-state index in [0.29, 0.717) is 36.8 Å². The summed E-state index contributed by atoms with van der Waals surface area (Å²) in [4.78, 5) is 27.7. The van der Waals surface area contributed by atoms with Crippen LogP contribution < -0.4 is 19.7 Å². The monoisotopic (exact) mass is 472 g/mol. The Morgan fingerprint density at radius 3 is 2.37 bits per heavy atom. The van der Waals surface area contributed by atoms with Gasteiger partial charge in [0.1, 0.15) is 0 Å². The van der Waals surface area contributed by atoms with Gasteiger partial charge in [0.15, 0.2) is 11.5 Å². The lowest BCUT2D eigenvalue weighted by Gasteiger charge is -2.23.